The van der Waals surface area contributed by atoms with Crippen molar-refractivity contribution in [2.75, 3.05) is 6.54 Å². The van der Waals surface area contributed by atoms with Gasteiger partial charge in [-0.3, -0.25) is 4.90 Å². The monoisotopic (exact) mass is 252 g/mol. The Balaban J connectivity index is 1.98. The SMILES string of the molecule is CC(C)(C)OC(=O)N1Cc2cc(CCN)oc2C1. The van der Waals surface area contributed by atoms with Gasteiger partial charge < -0.3 is 14.9 Å². The molecule has 0 fully saturated rings. The van der Waals surface area contributed by atoms with Gasteiger partial charge in [0.15, 0.2) is 0 Å². The van der Waals surface area contributed by atoms with Crippen molar-refractivity contribution in [3.63, 3.8) is 0 Å². The minimum absolute atomic E-state index is 0.297. The van der Waals surface area contributed by atoms with Crippen LogP contribution in [0, 0.1) is 0 Å². The third-order valence-electron chi connectivity index (χ3n) is 2.69. The van der Waals surface area contributed by atoms with Crippen molar-refractivity contribution < 1.29 is 13.9 Å². The lowest BCUT2D eigenvalue weighted by Crippen LogP contribution is -2.33. The summed E-state index contributed by atoms with van der Waals surface area (Å²) in [6, 6.07) is 1.98. The van der Waals surface area contributed by atoms with Gasteiger partial charge in [-0.1, -0.05) is 0 Å². The van der Waals surface area contributed by atoms with Gasteiger partial charge in [-0.2, -0.15) is 0 Å². The van der Waals surface area contributed by atoms with E-state index in [9.17, 15) is 4.79 Å². The lowest BCUT2D eigenvalue weighted by molar-refractivity contribution is 0.0233. The summed E-state index contributed by atoms with van der Waals surface area (Å²) in [4.78, 5) is 13.5. The van der Waals surface area contributed by atoms with Crippen LogP contribution in [0.3, 0.4) is 0 Å². The molecule has 1 aromatic rings. The summed E-state index contributed by atoms with van der Waals surface area (Å²) in [6.07, 6.45) is 0.439. The molecular weight excluding hydrogens is 232 g/mol. The van der Waals surface area contributed by atoms with E-state index in [1.165, 1.54) is 0 Å². The van der Waals surface area contributed by atoms with Crippen LogP contribution in [0.5, 0.6) is 0 Å². The van der Waals surface area contributed by atoms with Gasteiger partial charge in [0, 0.05) is 12.0 Å². The molecule has 5 heteroatoms. The lowest BCUT2D eigenvalue weighted by atomic mass is 10.2. The number of hydrogen-bond acceptors (Lipinski definition) is 4. The van der Waals surface area contributed by atoms with Crippen LogP contribution in [0.4, 0.5) is 4.79 Å². The molecule has 1 aliphatic rings. The molecule has 0 unspecified atom stereocenters. The van der Waals surface area contributed by atoms with Gasteiger partial charge in [0.2, 0.25) is 0 Å². The summed E-state index contributed by atoms with van der Waals surface area (Å²) in [6.45, 7) is 7.18. The van der Waals surface area contributed by atoms with E-state index in [2.05, 4.69) is 0 Å². The Hall–Kier alpha value is -1.49. The molecule has 0 aromatic carbocycles. The van der Waals surface area contributed by atoms with Crippen LogP contribution in [0.1, 0.15) is 37.9 Å². The average molecular weight is 252 g/mol. The molecule has 0 aliphatic carbocycles. The van der Waals surface area contributed by atoms with Crippen molar-refractivity contribution in [3.8, 4) is 0 Å². The van der Waals surface area contributed by atoms with Gasteiger partial charge in [-0.15, -0.1) is 0 Å². The smallest absolute Gasteiger partial charge is 0.411 e. The van der Waals surface area contributed by atoms with Gasteiger partial charge in [0.25, 0.3) is 0 Å². The number of nitrogens with zero attached hydrogens (tertiary/aromatic N) is 1. The molecule has 0 spiro atoms. The minimum atomic E-state index is -0.467. The quantitative estimate of drug-likeness (QED) is 0.874. The molecule has 1 aliphatic heterocycles. The first kappa shape index (κ1) is 13.0. The molecule has 100 valence electrons. The number of carbonyl (C=O) groups is 1. The molecule has 0 saturated carbocycles. The van der Waals surface area contributed by atoms with Crippen molar-refractivity contribution in [2.45, 2.75) is 45.9 Å². The second-order valence-corrected chi connectivity index (χ2v) is 5.54. The summed E-state index contributed by atoms with van der Waals surface area (Å²) < 4.78 is 11.0. The van der Waals surface area contributed by atoms with Crippen LogP contribution in [-0.2, 0) is 24.2 Å². The maximum Gasteiger partial charge on any atom is 0.411 e. The summed E-state index contributed by atoms with van der Waals surface area (Å²) in [7, 11) is 0. The highest BCUT2D eigenvalue weighted by Crippen LogP contribution is 2.27. The van der Waals surface area contributed by atoms with E-state index >= 15 is 0 Å². The fraction of sp³-hybridized carbons (Fsp3) is 0.615. The van der Waals surface area contributed by atoms with Gasteiger partial charge in [0.05, 0.1) is 13.1 Å². The highest BCUT2D eigenvalue weighted by molar-refractivity contribution is 5.69. The standard InChI is InChI=1S/C13H20N2O3/c1-13(2,3)18-12(16)15-7-9-6-10(4-5-14)17-11(9)8-15/h6H,4-5,7-8,14H2,1-3H3. The van der Waals surface area contributed by atoms with Crippen LogP contribution in [0.2, 0.25) is 0 Å². The number of ether oxygens (including phenoxy) is 1. The maximum atomic E-state index is 11.9. The van der Waals surface area contributed by atoms with E-state index in [0.29, 0.717) is 19.6 Å². The highest BCUT2D eigenvalue weighted by atomic mass is 16.6. The molecule has 0 atom stereocenters. The topological polar surface area (TPSA) is 68.7 Å². The first-order valence-corrected chi connectivity index (χ1v) is 6.17. The largest absolute Gasteiger partial charge is 0.464 e. The molecule has 2 rings (SSSR count). The molecule has 0 bridgehead atoms. The van der Waals surface area contributed by atoms with Crippen molar-refractivity contribution in [2.24, 2.45) is 5.73 Å². The molecule has 1 aromatic heterocycles. The number of carbonyl (C=O) groups excluding carboxylic acids is 1. The fourth-order valence-corrected chi connectivity index (χ4v) is 1.95. The summed E-state index contributed by atoms with van der Waals surface area (Å²) in [5.41, 5.74) is 6.07. The van der Waals surface area contributed by atoms with Crippen LogP contribution < -0.4 is 5.73 Å². The molecule has 0 saturated heterocycles. The second kappa shape index (κ2) is 4.65. The zero-order valence-corrected chi connectivity index (χ0v) is 11.2. The third-order valence-corrected chi connectivity index (χ3v) is 2.69. The van der Waals surface area contributed by atoms with Crippen LogP contribution in [0.15, 0.2) is 10.5 Å². The van der Waals surface area contributed by atoms with Crippen molar-refractivity contribution >= 4 is 6.09 Å². The first-order valence-electron chi connectivity index (χ1n) is 6.17. The number of nitrogens with two attached hydrogens (primary N) is 1. The van der Waals surface area contributed by atoms with Gasteiger partial charge in [0.1, 0.15) is 17.1 Å². The Bertz CT molecular complexity index is 422. The fourth-order valence-electron chi connectivity index (χ4n) is 1.95. The summed E-state index contributed by atoms with van der Waals surface area (Å²) in [5, 5.41) is 0. The third kappa shape index (κ3) is 2.85. The molecule has 0 radical (unpaired) electrons. The van der Waals surface area contributed by atoms with Crippen molar-refractivity contribution in [3.05, 3.63) is 23.2 Å². The average Bonchev–Trinajstić information content (AvgIpc) is 2.72. The Morgan fingerprint density at radius 1 is 1.50 bits per heavy atom. The zero-order valence-electron chi connectivity index (χ0n) is 11.2. The number of rotatable bonds is 2. The molecule has 18 heavy (non-hydrogen) atoms. The molecule has 1 amide bonds. The van der Waals surface area contributed by atoms with E-state index in [1.54, 1.807) is 4.90 Å². The number of furan rings is 1. The zero-order chi connectivity index (χ0) is 13.3. The molecule has 2 heterocycles. The Kier molecular flexibility index (Phi) is 3.34. The van der Waals surface area contributed by atoms with E-state index in [-0.39, 0.29) is 6.09 Å². The van der Waals surface area contributed by atoms with E-state index in [1.807, 2.05) is 26.8 Å². The molecule has 5 nitrogen and oxygen atoms in total. The second-order valence-electron chi connectivity index (χ2n) is 5.54. The normalized spacial score (nSPS) is 14.8. The predicted molar refractivity (Wildman–Crippen MR) is 66.9 cm³/mol. The summed E-state index contributed by atoms with van der Waals surface area (Å²) in [5.74, 6) is 1.75. The highest BCUT2D eigenvalue weighted by Gasteiger charge is 2.30. The minimum Gasteiger partial charge on any atom is -0.464 e. The Morgan fingerprint density at radius 2 is 2.22 bits per heavy atom. The van der Waals surface area contributed by atoms with Gasteiger partial charge in [-0.25, -0.2) is 4.79 Å². The van der Waals surface area contributed by atoms with Gasteiger partial charge >= 0.3 is 6.09 Å². The number of fused-ring (bicyclic) bond motifs is 1. The predicted octanol–water partition coefficient (Wildman–Crippen LogP) is 2.03. The lowest BCUT2D eigenvalue weighted by Gasteiger charge is -2.24. The van der Waals surface area contributed by atoms with Crippen molar-refractivity contribution in [1.82, 2.24) is 4.90 Å². The molecule has 2 N–H and O–H groups in total. The molecular formula is C13H20N2O3. The Morgan fingerprint density at radius 3 is 2.78 bits per heavy atom. The van der Waals surface area contributed by atoms with Crippen LogP contribution in [0.25, 0.3) is 0 Å². The van der Waals surface area contributed by atoms with Crippen molar-refractivity contribution in [1.29, 1.82) is 0 Å². The van der Waals surface area contributed by atoms with Crippen LogP contribution in [-0.4, -0.2) is 23.1 Å². The van der Waals surface area contributed by atoms with E-state index in [0.717, 1.165) is 23.5 Å². The van der Waals surface area contributed by atoms with Gasteiger partial charge in [-0.05, 0) is 33.4 Å². The van der Waals surface area contributed by atoms with E-state index in [4.69, 9.17) is 14.9 Å². The maximum absolute atomic E-state index is 11.9. The number of amides is 1. The number of hydrogen-bond donors (Lipinski definition) is 1. The van der Waals surface area contributed by atoms with Crippen LogP contribution >= 0.6 is 0 Å². The first-order chi connectivity index (χ1) is 8.39. The Labute approximate surface area is 107 Å². The van der Waals surface area contributed by atoms with E-state index < -0.39 is 5.60 Å². The summed E-state index contributed by atoms with van der Waals surface area (Å²) >= 11 is 0.